The van der Waals surface area contributed by atoms with Gasteiger partial charge in [0.25, 0.3) is 0 Å². The maximum Gasteiger partial charge on any atom is 0.160 e. The van der Waals surface area contributed by atoms with E-state index in [-0.39, 0.29) is 24.0 Å². The fourth-order valence-corrected chi connectivity index (χ4v) is 4.92. The molecule has 14 heteroatoms. The summed E-state index contributed by atoms with van der Waals surface area (Å²) in [6, 6.07) is 1.97. The zero-order valence-corrected chi connectivity index (χ0v) is 22.8. The molecule has 40 heavy (non-hydrogen) atoms. The Balaban J connectivity index is 1.37. The number of aliphatic imine (C=N–C) groups is 1. The lowest BCUT2D eigenvalue weighted by Gasteiger charge is -2.42. The SMILES string of the molecule is CO[C@H](COc1cc(/C(N=N)=C(C)/N=C\C2CCN(C3COC3)C[C@@H]2F)cn2ncc(Cl)c12)c1ncc(F)cn1. The number of allylic oxidation sites excluding steroid dienone is 1. The van der Waals surface area contributed by atoms with E-state index in [4.69, 9.17) is 31.3 Å². The lowest BCUT2D eigenvalue weighted by Crippen LogP contribution is -2.54. The minimum atomic E-state index is -1.04. The molecule has 2 aliphatic rings. The zero-order chi connectivity index (χ0) is 28.2. The van der Waals surface area contributed by atoms with Gasteiger partial charge in [-0.05, 0) is 26.0 Å². The van der Waals surface area contributed by atoms with Crippen LogP contribution in [0.5, 0.6) is 5.75 Å². The predicted octanol–water partition coefficient (Wildman–Crippen LogP) is 4.53. The van der Waals surface area contributed by atoms with E-state index in [1.54, 1.807) is 25.4 Å². The summed E-state index contributed by atoms with van der Waals surface area (Å²) in [4.78, 5) is 14.6. The summed E-state index contributed by atoms with van der Waals surface area (Å²) < 4.78 is 46.4. The molecule has 2 saturated heterocycles. The number of piperidine rings is 1. The summed E-state index contributed by atoms with van der Waals surface area (Å²) in [5.41, 5.74) is 9.54. The molecule has 0 spiro atoms. The maximum absolute atomic E-state index is 14.9. The van der Waals surface area contributed by atoms with Crippen LogP contribution in [0.25, 0.3) is 11.2 Å². The largest absolute Gasteiger partial charge is 0.488 e. The number of hydrogen-bond acceptors (Lipinski definition) is 10. The van der Waals surface area contributed by atoms with Gasteiger partial charge in [-0.25, -0.2) is 28.8 Å². The Hall–Kier alpha value is -3.39. The normalized spacial score (nSPS) is 21.8. The fourth-order valence-electron chi connectivity index (χ4n) is 4.69. The Bertz CT molecular complexity index is 1410. The molecule has 0 aromatic carbocycles. The summed E-state index contributed by atoms with van der Waals surface area (Å²) in [6.45, 7) is 4.15. The van der Waals surface area contributed by atoms with E-state index in [0.29, 0.717) is 59.8 Å². The van der Waals surface area contributed by atoms with Crippen molar-refractivity contribution in [2.45, 2.75) is 31.7 Å². The summed E-state index contributed by atoms with van der Waals surface area (Å²) in [5.74, 6) is -0.295. The number of likely N-dealkylation sites (tertiary alicyclic amines) is 1. The number of methoxy groups -OCH3 is 1. The van der Waals surface area contributed by atoms with Crippen molar-refractivity contribution in [3.05, 3.63) is 58.8 Å². The number of aromatic nitrogens is 4. The first kappa shape index (κ1) is 28.1. The van der Waals surface area contributed by atoms with Gasteiger partial charge in [-0.2, -0.15) is 10.2 Å². The molecule has 11 nitrogen and oxygen atoms in total. The highest BCUT2D eigenvalue weighted by molar-refractivity contribution is 6.34. The molecular weight excluding hydrogens is 546 g/mol. The monoisotopic (exact) mass is 574 g/mol. The molecule has 0 aliphatic carbocycles. The number of fused-ring (bicyclic) bond motifs is 1. The Morgan fingerprint density at radius 1 is 1.32 bits per heavy atom. The number of nitrogens with one attached hydrogen (secondary N) is 1. The Kier molecular flexibility index (Phi) is 8.74. The zero-order valence-electron chi connectivity index (χ0n) is 22.0. The molecule has 0 amide bonds. The van der Waals surface area contributed by atoms with Crippen LogP contribution in [-0.4, -0.2) is 82.9 Å². The molecule has 0 bridgehead atoms. The lowest BCUT2D eigenvalue weighted by molar-refractivity contribution is -0.0812. The smallest absolute Gasteiger partial charge is 0.160 e. The number of nitrogens with zero attached hydrogens (tertiary/aromatic N) is 7. The average Bonchev–Trinajstić information content (AvgIpc) is 3.29. The Morgan fingerprint density at radius 2 is 2.10 bits per heavy atom. The highest BCUT2D eigenvalue weighted by Gasteiger charge is 2.34. The summed E-state index contributed by atoms with van der Waals surface area (Å²) in [7, 11) is 1.47. The van der Waals surface area contributed by atoms with Gasteiger partial charge in [0.1, 0.15) is 29.7 Å². The molecule has 5 rings (SSSR count). The molecule has 2 aliphatic heterocycles. The third-order valence-electron chi connectivity index (χ3n) is 7.08. The number of ether oxygens (including phenoxy) is 3. The van der Waals surface area contributed by atoms with E-state index in [2.05, 4.69) is 30.1 Å². The second-order valence-corrected chi connectivity index (χ2v) is 10.1. The van der Waals surface area contributed by atoms with Crippen LogP contribution >= 0.6 is 11.6 Å². The number of alkyl halides is 1. The first-order chi connectivity index (χ1) is 19.4. The van der Waals surface area contributed by atoms with E-state index in [1.807, 2.05) is 0 Å². The molecule has 3 aromatic heterocycles. The summed E-state index contributed by atoms with van der Waals surface area (Å²) >= 11 is 6.38. The van der Waals surface area contributed by atoms with Crippen molar-refractivity contribution in [3.63, 3.8) is 0 Å². The molecule has 0 radical (unpaired) electrons. The molecule has 5 heterocycles. The predicted molar refractivity (Wildman–Crippen MR) is 143 cm³/mol. The van der Waals surface area contributed by atoms with Crippen LogP contribution in [0.2, 0.25) is 5.02 Å². The molecule has 2 fully saturated rings. The van der Waals surface area contributed by atoms with Gasteiger partial charge in [0.15, 0.2) is 17.7 Å². The molecule has 212 valence electrons. The van der Waals surface area contributed by atoms with Gasteiger partial charge in [-0.15, -0.1) is 0 Å². The minimum Gasteiger partial charge on any atom is -0.488 e. The quantitative estimate of drug-likeness (QED) is 0.279. The number of hydrogen-bond donors (Lipinski definition) is 1. The van der Waals surface area contributed by atoms with Crippen LogP contribution in [0.4, 0.5) is 8.78 Å². The van der Waals surface area contributed by atoms with Crippen LogP contribution in [-0.2, 0) is 9.47 Å². The standard InChI is InChI=1S/C26H29ClF2N8O3/c1-15(31-6-16-3-4-36(11-21(16)29)19-12-39-13-19)24(35-30)17-5-22(25-20(27)9-34-37(25)10-17)40-14-23(38-2)26-32-7-18(28)8-33-26/h5-10,16,19,21,23,30H,3-4,11-14H2,1-2H3/b24-15-,31-6-,35-30?/t16?,21-,23+/m0/s1. The molecular formula is C26H29ClF2N8O3. The van der Waals surface area contributed by atoms with Gasteiger partial charge < -0.3 is 14.2 Å². The first-order valence-corrected chi connectivity index (χ1v) is 13.1. The second kappa shape index (κ2) is 12.4. The third kappa shape index (κ3) is 6.02. The van der Waals surface area contributed by atoms with Gasteiger partial charge in [0.2, 0.25) is 0 Å². The van der Waals surface area contributed by atoms with Crippen LogP contribution in [0, 0.1) is 17.3 Å². The third-order valence-corrected chi connectivity index (χ3v) is 7.36. The molecule has 1 N–H and O–H groups in total. The van der Waals surface area contributed by atoms with Crippen LogP contribution in [0.1, 0.15) is 30.8 Å². The molecule has 0 saturated carbocycles. The van der Waals surface area contributed by atoms with Crippen LogP contribution in [0.15, 0.2) is 46.7 Å². The fraction of sp³-hybridized carbons (Fsp3) is 0.462. The average molecular weight is 575 g/mol. The Morgan fingerprint density at radius 3 is 2.75 bits per heavy atom. The van der Waals surface area contributed by atoms with Crippen molar-refractivity contribution >= 4 is 29.0 Å². The summed E-state index contributed by atoms with van der Waals surface area (Å²) in [6.07, 6.45) is 5.77. The van der Waals surface area contributed by atoms with Gasteiger partial charge >= 0.3 is 0 Å². The van der Waals surface area contributed by atoms with Crippen LogP contribution in [0.3, 0.4) is 0 Å². The van der Waals surface area contributed by atoms with Gasteiger partial charge in [-0.3, -0.25) is 9.89 Å². The topological polar surface area (TPSA) is 123 Å². The van der Waals surface area contributed by atoms with Gasteiger partial charge in [0, 0.05) is 37.5 Å². The van der Waals surface area contributed by atoms with E-state index in [9.17, 15) is 8.78 Å². The first-order valence-electron chi connectivity index (χ1n) is 12.8. The number of halogens is 3. The van der Waals surface area contributed by atoms with Crippen molar-refractivity contribution in [1.82, 2.24) is 24.5 Å². The van der Waals surface area contributed by atoms with Gasteiger partial charge in [0.05, 0.1) is 48.6 Å². The van der Waals surface area contributed by atoms with E-state index < -0.39 is 18.1 Å². The van der Waals surface area contributed by atoms with Crippen LogP contribution < -0.4 is 4.74 Å². The number of pyridine rings is 1. The lowest BCUT2D eigenvalue weighted by atomic mass is 9.94. The van der Waals surface area contributed by atoms with E-state index >= 15 is 0 Å². The highest BCUT2D eigenvalue weighted by Crippen LogP contribution is 2.33. The minimum absolute atomic E-state index is 0.0134. The van der Waals surface area contributed by atoms with Crippen molar-refractivity contribution < 1.29 is 23.0 Å². The maximum atomic E-state index is 14.9. The van der Waals surface area contributed by atoms with E-state index in [1.165, 1.54) is 17.8 Å². The number of rotatable bonds is 10. The van der Waals surface area contributed by atoms with Crippen molar-refractivity contribution in [2.75, 3.05) is 40.0 Å². The van der Waals surface area contributed by atoms with Gasteiger partial charge in [-0.1, -0.05) is 11.6 Å². The Labute approximate surface area is 234 Å². The van der Waals surface area contributed by atoms with Crippen molar-refractivity contribution in [1.29, 1.82) is 5.53 Å². The molecule has 1 unspecified atom stereocenters. The molecule has 3 aromatic rings. The van der Waals surface area contributed by atoms with E-state index in [0.717, 1.165) is 18.9 Å². The molecule has 3 atom stereocenters. The highest BCUT2D eigenvalue weighted by atomic mass is 35.5. The van der Waals surface area contributed by atoms with Crippen molar-refractivity contribution in [3.8, 4) is 5.75 Å². The summed E-state index contributed by atoms with van der Waals surface area (Å²) in [5, 5.41) is 8.33. The second-order valence-electron chi connectivity index (χ2n) is 9.65. The van der Waals surface area contributed by atoms with Crippen molar-refractivity contribution in [2.24, 2.45) is 16.0 Å².